The van der Waals surface area contributed by atoms with E-state index in [1.165, 1.54) is 18.4 Å². The molecule has 122 valence electrons. The maximum Gasteiger partial charge on any atom is 0.227 e. The molecular formula is C19H26N4. The van der Waals surface area contributed by atoms with Crippen molar-refractivity contribution in [3.63, 3.8) is 0 Å². The van der Waals surface area contributed by atoms with Gasteiger partial charge in [0.2, 0.25) is 5.95 Å². The van der Waals surface area contributed by atoms with E-state index in [-0.39, 0.29) is 0 Å². The molecule has 23 heavy (non-hydrogen) atoms. The van der Waals surface area contributed by atoms with Gasteiger partial charge in [-0.25, -0.2) is 4.98 Å². The van der Waals surface area contributed by atoms with Crippen LogP contribution in [0.2, 0.25) is 0 Å². The highest BCUT2D eigenvalue weighted by molar-refractivity contribution is 5.46. The number of hydrogen-bond donors (Lipinski definition) is 0. The fourth-order valence-corrected chi connectivity index (χ4v) is 3.19. The third-order valence-electron chi connectivity index (χ3n) is 4.41. The number of aromatic nitrogens is 2. The van der Waals surface area contributed by atoms with E-state index < -0.39 is 0 Å². The maximum atomic E-state index is 4.83. The minimum Gasteiger partial charge on any atom is -0.356 e. The van der Waals surface area contributed by atoms with E-state index >= 15 is 0 Å². The van der Waals surface area contributed by atoms with E-state index in [2.05, 4.69) is 66.0 Å². The van der Waals surface area contributed by atoms with E-state index in [0.717, 1.165) is 43.0 Å². The van der Waals surface area contributed by atoms with Crippen LogP contribution in [0, 0.1) is 12.8 Å². The van der Waals surface area contributed by atoms with Crippen molar-refractivity contribution in [2.24, 2.45) is 5.92 Å². The Morgan fingerprint density at radius 2 is 2.00 bits per heavy atom. The van der Waals surface area contributed by atoms with Gasteiger partial charge in [-0.3, -0.25) is 0 Å². The smallest absolute Gasteiger partial charge is 0.227 e. The van der Waals surface area contributed by atoms with Crippen LogP contribution >= 0.6 is 0 Å². The number of benzene rings is 1. The SMILES string of the molecule is Cc1cc(N2CCCC(C)C2)nc(N(C)Cc2ccccc2)n1. The maximum absolute atomic E-state index is 4.83. The monoisotopic (exact) mass is 310 g/mol. The number of nitrogens with zero attached hydrogens (tertiary/aromatic N) is 4. The molecule has 3 rings (SSSR count). The van der Waals surface area contributed by atoms with E-state index in [4.69, 9.17) is 4.98 Å². The number of piperidine rings is 1. The van der Waals surface area contributed by atoms with Gasteiger partial charge in [0.05, 0.1) is 0 Å². The highest BCUT2D eigenvalue weighted by Crippen LogP contribution is 2.23. The highest BCUT2D eigenvalue weighted by Gasteiger charge is 2.19. The molecule has 2 heterocycles. The van der Waals surface area contributed by atoms with Crippen LogP contribution in [0.3, 0.4) is 0 Å². The fourth-order valence-electron chi connectivity index (χ4n) is 3.19. The zero-order valence-corrected chi connectivity index (χ0v) is 14.4. The average Bonchev–Trinajstić information content (AvgIpc) is 2.55. The second kappa shape index (κ2) is 6.99. The molecule has 0 aliphatic carbocycles. The van der Waals surface area contributed by atoms with Crippen LogP contribution in [-0.4, -0.2) is 30.1 Å². The first-order valence-corrected chi connectivity index (χ1v) is 8.47. The van der Waals surface area contributed by atoms with Gasteiger partial charge in [0.25, 0.3) is 0 Å². The standard InChI is InChI=1S/C19H26N4/c1-15-8-7-11-23(13-15)18-12-16(2)20-19(21-18)22(3)14-17-9-5-4-6-10-17/h4-6,9-10,12,15H,7-8,11,13-14H2,1-3H3. The highest BCUT2D eigenvalue weighted by atomic mass is 15.3. The van der Waals surface area contributed by atoms with E-state index in [9.17, 15) is 0 Å². The molecule has 1 aromatic heterocycles. The second-order valence-corrected chi connectivity index (χ2v) is 6.70. The molecule has 1 fully saturated rings. The van der Waals surface area contributed by atoms with Gasteiger partial charge in [0.1, 0.15) is 5.82 Å². The molecule has 4 heteroatoms. The Labute approximate surface area is 139 Å². The number of aryl methyl sites for hydroxylation is 1. The van der Waals surface area contributed by atoms with E-state index in [1.54, 1.807) is 0 Å². The molecular weight excluding hydrogens is 284 g/mol. The van der Waals surface area contributed by atoms with Crippen molar-refractivity contribution in [1.29, 1.82) is 0 Å². The molecule has 1 atom stereocenters. The molecule has 1 aromatic carbocycles. The Balaban J connectivity index is 1.79. The number of rotatable bonds is 4. The van der Waals surface area contributed by atoms with Gasteiger partial charge < -0.3 is 9.80 Å². The van der Waals surface area contributed by atoms with Gasteiger partial charge >= 0.3 is 0 Å². The lowest BCUT2D eigenvalue weighted by Gasteiger charge is -2.32. The molecule has 1 aliphatic rings. The Hall–Kier alpha value is -2.10. The predicted molar refractivity (Wildman–Crippen MR) is 95.9 cm³/mol. The van der Waals surface area contributed by atoms with E-state index in [0.29, 0.717) is 0 Å². The molecule has 0 saturated carbocycles. The van der Waals surface area contributed by atoms with Gasteiger partial charge in [0.15, 0.2) is 0 Å². The first-order chi connectivity index (χ1) is 11.1. The average molecular weight is 310 g/mol. The van der Waals surface area contributed by atoms with Crippen LogP contribution in [-0.2, 0) is 6.54 Å². The quantitative estimate of drug-likeness (QED) is 0.863. The van der Waals surface area contributed by atoms with Crippen LogP contribution in [0.25, 0.3) is 0 Å². The normalized spacial score (nSPS) is 18.0. The van der Waals surface area contributed by atoms with Crippen molar-refractivity contribution in [3.05, 3.63) is 47.7 Å². The first-order valence-electron chi connectivity index (χ1n) is 8.47. The van der Waals surface area contributed by atoms with Gasteiger partial charge in [-0.15, -0.1) is 0 Å². The summed E-state index contributed by atoms with van der Waals surface area (Å²) in [7, 11) is 2.06. The summed E-state index contributed by atoms with van der Waals surface area (Å²) in [6.45, 7) is 7.39. The van der Waals surface area contributed by atoms with Gasteiger partial charge in [-0.2, -0.15) is 4.98 Å². The summed E-state index contributed by atoms with van der Waals surface area (Å²) in [4.78, 5) is 14.0. The minimum atomic E-state index is 0.740. The summed E-state index contributed by atoms with van der Waals surface area (Å²) in [5, 5.41) is 0. The predicted octanol–water partition coefficient (Wildman–Crippen LogP) is 3.66. The fraction of sp³-hybridized carbons (Fsp3) is 0.474. The zero-order chi connectivity index (χ0) is 16.2. The summed E-state index contributed by atoms with van der Waals surface area (Å²) in [5.74, 6) is 2.62. The Kier molecular flexibility index (Phi) is 4.79. The van der Waals surface area contributed by atoms with Crippen LogP contribution < -0.4 is 9.80 Å². The molecule has 2 aromatic rings. The van der Waals surface area contributed by atoms with Crippen molar-refractivity contribution >= 4 is 11.8 Å². The topological polar surface area (TPSA) is 32.3 Å². The summed E-state index contributed by atoms with van der Waals surface area (Å²) in [5.41, 5.74) is 2.30. The summed E-state index contributed by atoms with van der Waals surface area (Å²) in [6, 6.07) is 12.6. The number of hydrogen-bond acceptors (Lipinski definition) is 4. The molecule has 0 N–H and O–H groups in total. The van der Waals surface area contributed by atoms with Crippen molar-refractivity contribution in [1.82, 2.24) is 9.97 Å². The minimum absolute atomic E-state index is 0.740. The van der Waals surface area contributed by atoms with Crippen molar-refractivity contribution in [2.75, 3.05) is 29.9 Å². The lowest BCUT2D eigenvalue weighted by Crippen LogP contribution is -2.35. The molecule has 4 nitrogen and oxygen atoms in total. The van der Waals surface area contributed by atoms with E-state index in [1.807, 2.05) is 6.07 Å². The number of anilines is 2. The van der Waals surface area contributed by atoms with Crippen LogP contribution in [0.15, 0.2) is 36.4 Å². The van der Waals surface area contributed by atoms with Crippen LogP contribution in [0.1, 0.15) is 31.0 Å². The molecule has 0 radical (unpaired) electrons. The molecule has 1 unspecified atom stereocenters. The van der Waals surface area contributed by atoms with Gasteiger partial charge in [0, 0.05) is 38.4 Å². The Morgan fingerprint density at radius 3 is 2.74 bits per heavy atom. The molecule has 1 aliphatic heterocycles. The third-order valence-corrected chi connectivity index (χ3v) is 4.41. The van der Waals surface area contributed by atoms with Crippen molar-refractivity contribution in [2.45, 2.75) is 33.2 Å². The largest absolute Gasteiger partial charge is 0.356 e. The van der Waals surface area contributed by atoms with Gasteiger partial charge in [-0.05, 0) is 31.2 Å². The lowest BCUT2D eigenvalue weighted by molar-refractivity contribution is 0.444. The molecule has 0 amide bonds. The molecule has 0 spiro atoms. The van der Waals surface area contributed by atoms with Crippen LogP contribution in [0.4, 0.5) is 11.8 Å². The summed E-state index contributed by atoms with van der Waals surface area (Å²) >= 11 is 0. The second-order valence-electron chi connectivity index (χ2n) is 6.70. The molecule has 1 saturated heterocycles. The molecule has 0 bridgehead atoms. The van der Waals surface area contributed by atoms with Gasteiger partial charge in [-0.1, -0.05) is 37.3 Å². The van der Waals surface area contributed by atoms with Crippen LogP contribution in [0.5, 0.6) is 0 Å². The van der Waals surface area contributed by atoms with Crippen molar-refractivity contribution in [3.8, 4) is 0 Å². The summed E-state index contributed by atoms with van der Waals surface area (Å²) in [6.07, 6.45) is 2.57. The third kappa shape index (κ3) is 4.01. The Morgan fingerprint density at radius 1 is 1.22 bits per heavy atom. The lowest BCUT2D eigenvalue weighted by atomic mass is 10.0. The first kappa shape index (κ1) is 15.8. The van der Waals surface area contributed by atoms with Crippen molar-refractivity contribution < 1.29 is 0 Å². The summed E-state index contributed by atoms with van der Waals surface area (Å²) < 4.78 is 0. The zero-order valence-electron chi connectivity index (χ0n) is 14.4. The Bertz CT molecular complexity index is 641.